The maximum absolute atomic E-state index is 6.28. The zero-order valence-electron chi connectivity index (χ0n) is 45.1. The van der Waals surface area contributed by atoms with Crippen molar-refractivity contribution >= 4 is 117 Å². The van der Waals surface area contributed by atoms with Crippen LogP contribution in [0.5, 0.6) is 0 Å². The Morgan fingerprint density at radius 1 is 0.265 bits per heavy atom. The van der Waals surface area contributed by atoms with Gasteiger partial charge in [0.25, 0.3) is 0 Å². The van der Waals surface area contributed by atoms with Crippen LogP contribution in [-0.4, -0.2) is 0 Å². The molecule has 0 N–H and O–H groups in total. The zero-order chi connectivity index (χ0) is 54.8. The first-order chi connectivity index (χ1) is 41.1. The molecule has 0 spiro atoms. The van der Waals surface area contributed by atoms with Crippen LogP contribution >= 0.6 is 11.8 Å². The highest BCUT2D eigenvalue weighted by molar-refractivity contribution is 7.99. The highest BCUT2D eigenvalue weighted by Crippen LogP contribution is 2.54. The van der Waals surface area contributed by atoms with Crippen molar-refractivity contribution < 1.29 is 4.42 Å². The maximum atomic E-state index is 6.28. The molecule has 0 atom stereocenters. The lowest BCUT2D eigenvalue weighted by Gasteiger charge is -2.36. The van der Waals surface area contributed by atoms with Gasteiger partial charge in [-0.25, -0.2) is 0 Å². The number of hydrogen-bond acceptors (Lipinski definition) is 5. The Kier molecular flexibility index (Phi) is 11.8. The monoisotopic (exact) mass is 1080 g/mol. The van der Waals surface area contributed by atoms with Crippen molar-refractivity contribution in [1.29, 1.82) is 0 Å². The van der Waals surface area contributed by atoms with Crippen LogP contribution in [0.25, 0.3) is 87.6 Å². The van der Waals surface area contributed by atoms with Gasteiger partial charge in [-0.05, 0) is 170 Å². The summed E-state index contributed by atoms with van der Waals surface area (Å²) in [5, 5.41) is 9.32. The van der Waals surface area contributed by atoms with Crippen LogP contribution in [0.4, 0.5) is 51.2 Å². The minimum Gasteiger partial charge on any atom is -0.456 e. The smallest absolute Gasteiger partial charge is 0.135 e. The Hall–Kier alpha value is -10.6. The fourth-order valence-electron chi connectivity index (χ4n) is 12.4. The molecule has 5 heteroatoms. The fraction of sp³-hybridized carbons (Fsp3) is 0. The molecule has 0 unspecified atom stereocenters. The van der Waals surface area contributed by atoms with Crippen LogP contribution in [0.2, 0.25) is 0 Å². The van der Waals surface area contributed by atoms with E-state index in [9.17, 15) is 0 Å². The molecule has 0 saturated heterocycles. The van der Waals surface area contributed by atoms with Gasteiger partial charge in [-0.1, -0.05) is 212 Å². The van der Waals surface area contributed by atoms with E-state index >= 15 is 0 Å². The Balaban J connectivity index is 0.938. The summed E-state index contributed by atoms with van der Waals surface area (Å²) in [6.07, 6.45) is 0. The normalized spacial score (nSPS) is 12.0. The molecule has 1 aliphatic heterocycles. The maximum Gasteiger partial charge on any atom is 0.135 e. The third-order valence-corrected chi connectivity index (χ3v) is 17.5. The summed E-state index contributed by atoms with van der Waals surface area (Å²) in [5.41, 5.74) is 18.2. The molecule has 4 nitrogen and oxygen atoms in total. The first-order valence-electron chi connectivity index (χ1n) is 28.2. The van der Waals surface area contributed by atoms with Crippen LogP contribution in [0.15, 0.2) is 324 Å². The average Bonchev–Trinajstić information content (AvgIpc) is 4.11. The molecular formula is C78H51N3OS. The van der Waals surface area contributed by atoms with Crippen molar-refractivity contribution in [3.63, 3.8) is 0 Å². The molecule has 1 aromatic heterocycles. The van der Waals surface area contributed by atoms with E-state index in [1.54, 1.807) is 0 Å². The van der Waals surface area contributed by atoms with Crippen LogP contribution in [0.1, 0.15) is 0 Å². The van der Waals surface area contributed by atoms with Gasteiger partial charge < -0.3 is 19.1 Å². The SMILES string of the molecule is c1ccc(-c2cccc(-c3ccc(N(c4cc(N5c6ccccc6Sc6ccccc65)cc(N(c5ccc(-c6ccc7oc8ccccc8c7c6)cc5)c5cc6ccccc6c6ccccc56)c4)c4ccc5ccccc5c4)cc3)c2)cc1. The molecule has 15 aromatic rings. The van der Waals surface area contributed by atoms with Gasteiger partial charge in [0.15, 0.2) is 0 Å². The van der Waals surface area contributed by atoms with E-state index in [-0.39, 0.29) is 0 Å². The lowest BCUT2D eigenvalue weighted by molar-refractivity contribution is 0.669. The second-order valence-corrected chi connectivity index (χ2v) is 22.4. The zero-order valence-corrected chi connectivity index (χ0v) is 45.9. The van der Waals surface area contributed by atoms with Crippen molar-refractivity contribution in [2.45, 2.75) is 9.79 Å². The van der Waals surface area contributed by atoms with E-state index in [2.05, 4.69) is 312 Å². The molecule has 16 rings (SSSR count). The Morgan fingerprint density at radius 2 is 0.771 bits per heavy atom. The molecule has 0 radical (unpaired) electrons. The molecule has 390 valence electrons. The molecule has 0 amide bonds. The third kappa shape index (κ3) is 8.65. The molecule has 1 aliphatic rings. The predicted octanol–water partition coefficient (Wildman–Crippen LogP) is 22.9. The number of anilines is 9. The van der Waals surface area contributed by atoms with Crippen molar-refractivity contribution in [2.24, 2.45) is 0 Å². The number of fused-ring (bicyclic) bond motifs is 9. The van der Waals surface area contributed by atoms with Gasteiger partial charge in [-0.2, -0.15) is 0 Å². The first kappa shape index (κ1) is 48.3. The molecule has 0 aliphatic carbocycles. The van der Waals surface area contributed by atoms with Crippen LogP contribution in [0.3, 0.4) is 0 Å². The summed E-state index contributed by atoms with van der Waals surface area (Å²) >= 11 is 1.83. The quantitative estimate of drug-likeness (QED) is 0.127. The van der Waals surface area contributed by atoms with E-state index in [1.165, 1.54) is 53.4 Å². The second-order valence-electron chi connectivity index (χ2n) is 21.3. The largest absolute Gasteiger partial charge is 0.456 e. The summed E-state index contributed by atoms with van der Waals surface area (Å²) in [7, 11) is 0. The Bertz CT molecular complexity index is 4930. The van der Waals surface area contributed by atoms with Crippen molar-refractivity contribution in [1.82, 2.24) is 0 Å². The molecule has 83 heavy (non-hydrogen) atoms. The van der Waals surface area contributed by atoms with Crippen LogP contribution < -0.4 is 14.7 Å². The van der Waals surface area contributed by atoms with Gasteiger partial charge in [0.1, 0.15) is 11.2 Å². The Morgan fingerprint density at radius 3 is 1.49 bits per heavy atom. The minimum absolute atomic E-state index is 0.886. The van der Waals surface area contributed by atoms with Crippen molar-refractivity contribution in [3.05, 3.63) is 309 Å². The van der Waals surface area contributed by atoms with Gasteiger partial charge in [-0.15, -0.1) is 0 Å². The molecule has 2 heterocycles. The van der Waals surface area contributed by atoms with E-state index in [4.69, 9.17) is 4.42 Å². The van der Waals surface area contributed by atoms with Gasteiger partial charge >= 0.3 is 0 Å². The van der Waals surface area contributed by atoms with E-state index in [1.807, 2.05) is 23.9 Å². The van der Waals surface area contributed by atoms with E-state index < -0.39 is 0 Å². The lowest BCUT2D eigenvalue weighted by atomic mass is 9.98. The second kappa shape index (κ2) is 20.2. The number of para-hydroxylation sites is 3. The Labute approximate surface area is 486 Å². The lowest BCUT2D eigenvalue weighted by Crippen LogP contribution is -2.18. The van der Waals surface area contributed by atoms with E-state index in [0.29, 0.717) is 0 Å². The van der Waals surface area contributed by atoms with E-state index in [0.717, 1.165) is 95.2 Å². The third-order valence-electron chi connectivity index (χ3n) is 16.3. The summed E-state index contributed by atoms with van der Waals surface area (Å²) in [6.45, 7) is 0. The average molecular weight is 1080 g/mol. The number of rotatable bonds is 10. The molecule has 0 saturated carbocycles. The molecule has 0 fully saturated rings. The van der Waals surface area contributed by atoms with Gasteiger partial charge in [-0.3, -0.25) is 0 Å². The van der Waals surface area contributed by atoms with Crippen LogP contribution in [0, 0.1) is 0 Å². The van der Waals surface area contributed by atoms with Gasteiger partial charge in [0.2, 0.25) is 0 Å². The number of benzene rings is 14. The predicted molar refractivity (Wildman–Crippen MR) is 351 cm³/mol. The van der Waals surface area contributed by atoms with Gasteiger partial charge in [0.05, 0.1) is 34.1 Å². The topological polar surface area (TPSA) is 22.9 Å². The standard InChI is InChI=1S/C78H51N3OS/c1-2-17-52(18-3-1)56-22-16-23-57(45-56)54-33-39-61(40-34-54)79(63-43-37-53-19-4-5-20-58(53)46-63)64-49-65(51-66(50-64)81-72-28-11-14-31-77(72)83-78-32-15-12-29-73(78)81)80(74-48-60-21-6-7-24-67(60)68-25-8-9-26-69(68)74)62-41-35-55(36-42-62)59-38-44-76-71(47-59)70-27-10-13-30-75(70)82-76/h1-51H. The number of nitrogens with zero attached hydrogens (tertiary/aromatic N) is 3. The number of furan rings is 1. The van der Waals surface area contributed by atoms with Gasteiger partial charge in [0, 0.05) is 43.0 Å². The van der Waals surface area contributed by atoms with Crippen LogP contribution in [-0.2, 0) is 0 Å². The highest BCUT2D eigenvalue weighted by Gasteiger charge is 2.28. The molecule has 0 bridgehead atoms. The van der Waals surface area contributed by atoms with Crippen molar-refractivity contribution in [2.75, 3.05) is 14.7 Å². The summed E-state index contributed by atoms with van der Waals surface area (Å²) in [5.74, 6) is 0. The fourth-order valence-corrected chi connectivity index (χ4v) is 13.4. The molecular weight excluding hydrogens is 1030 g/mol. The highest BCUT2D eigenvalue weighted by atomic mass is 32.2. The summed E-state index contributed by atoms with van der Waals surface area (Å²) in [6, 6.07) is 113. The minimum atomic E-state index is 0.886. The summed E-state index contributed by atoms with van der Waals surface area (Å²) in [4.78, 5) is 9.79. The van der Waals surface area contributed by atoms with Crippen molar-refractivity contribution in [3.8, 4) is 33.4 Å². The summed E-state index contributed by atoms with van der Waals surface area (Å²) < 4.78 is 6.28. The first-order valence-corrected chi connectivity index (χ1v) is 29.0. The number of hydrogen-bond donors (Lipinski definition) is 0. The molecule has 14 aromatic carbocycles.